The van der Waals surface area contributed by atoms with Gasteiger partial charge in [0.25, 0.3) is 0 Å². The van der Waals surface area contributed by atoms with E-state index >= 15 is 0 Å². The summed E-state index contributed by atoms with van der Waals surface area (Å²) in [5.41, 5.74) is 0. The van der Waals surface area contributed by atoms with E-state index in [1.807, 2.05) is 0 Å². The molecule has 0 saturated heterocycles. The van der Waals surface area contributed by atoms with Crippen LogP contribution in [0, 0.1) is 23.7 Å². The van der Waals surface area contributed by atoms with Crippen molar-refractivity contribution >= 4 is 23.6 Å². The van der Waals surface area contributed by atoms with Gasteiger partial charge in [-0.1, -0.05) is 0 Å². The van der Waals surface area contributed by atoms with Crippen LogP contribution < -0.4 is 0 Å². The molecule has 0 aliphatic heterocycles. The summed E-state index contributed by atoms with van der Waals surface area (Å²) in [6, 6.07) is 0.469. The van der Waals surface area contributed by atoms with Gasteiger partial charge in [-0.2, -0.15) is 0 Å². The smallest absolute Gasteiger partial charge is 0.0473 e. The summed E-state index contributed by atoms with van der Waals surface area (Å²) in [7, 11) is 0. The molecule has 4 fully saturated rings. The van der Waals surface area contributed by atoms with Gasteiger partial charge in [-0.05, 0) is 79.3 Å². The van der Waals surface area contributed by atoms with Gasteiger partial charge in [0.2, 0.25) is 0 Å². The highest BCUT2D eigenvalue weighted by atomic mass is 35.5. The first-order valence-corrected chi connectivity index (χ1v) is 6.02. The quantitative estimate of drug-likeness (QED) is 0.612. The van der Waals surface area contributed by atoms with Gasteiger partial charge in [-0.3, -0.25) is 0 Å². The highest BCUT2D eigenvalue weighted by molar-refractivity contribution is 6.34. The van der Waals surface area contributed by atoms with Crippen LogP contribution in [0.15, 0.2) is 0 Å². The summed E-state index contributed by atoms with van der Waals surface area (Å²) in [4.78, 5) is 0. The molecule has 74 valence electrons. The number of nitrogens with zero attached hydrogens (tertiary/aromatic N) is 1. The fourth-order valence-electron chi connectivity index (χ4n) is 4.22. The molecule has 0 aromatic heterocycles. The Balaban J connectivity index is 1.85. The Morgan fingerprint density at radius 1 is 0.769 bits per heavy atom. The third kappa shape index (κ3) is 1.32. The predicted octanol–water partition coefficient (Wildman–Crippen LogP) is 3.42. The zero-order chi connectivity index (χ0) is 9.00. The van der Waals surface area contributed by atoms with Crippen molar-refractivity contribution in [2.45, 2.75) is 38.1 Å². The average Bonchev–Trinajstić information content (AvgIpc) is 2.00. The maximum absolute atomic E-state index is 5.92. The third-order valence-electron chi connectivity index (χ3n) is 4.40. The molecule has 0 atom stereocenters. The lowest BCUT2D eigenvalue weighted by molar-refractivity contribution is -0.0236. The Morgan fingerprint density at radius 2 is 1.23 bits per heavy atom. The Hall–Kier alpha value is 0.540. The third-order valence-corrected chi connectivity index (χ3v) is 4.85. The largest absolute Gasteiger partial charge is 0.128 e. The molecule has 4 saturated carbocycles. The van der Waals surface area contributed by atoms with E-state index in [0.717, 1.165) is 23.7 Å². The summed E-state index contributed by atoms with van der Waals surface area (Å²) in [5.74, 6) is 3.61. The molecule has 0 radical (unpaired) electrons. The van der Waals surface area contributed by atoms with Crippen LogP contribution in [0.3, 0.4) is 0 Å². The molecule has 4 bridgehead atoms. The van der Waals surface area contributed by atoms with Crippen LogP contribution in [0.25, 0.3) is 0 Å². The molecule has 4 aliphatic carbocycles. The molecule has 0 N–H and O–H groups in total. The minimum atomic E-state index is 0.469. The maximum atomic E-state index is 5.92. The van der Waals surface area contributed by atoms with Gasteiger partial charge in [0, 0.05) is 6.04 Å². The van der Waals surface area contributed by atoms with Crippen molar-refractivity contribution in [2.75, 3.05) is 0 Å². The van der Waals surface area contributed by atoms with Gasteiger partial charge in [-0.15, -0.1) is 3.94 Å². The lowest BCUT2D eigenvalue weighted by Gasteiger charge is -2.54. The van der Waals surface area contributed by atoms with Crippen LogP contribution in [-0.4, -0.2) is 9.98 Å². The zero-order valence-electron chi connectivity index (χ0n) is 7.63. The summed E-state index contributed by atoms with van der Waals surface area (Å²) in [6.45, 7) is 0. The highest BCUT2D eigenvalue weighted by Crippen LogP contribution is 2.55. The fraction of sp³-hybridized carbons (Fsp3) is 1.00. The Kier molecular flexibility index (Phi) is 2.04. The van der Waals surface area contributed by atoms with Crippen LogP contribution in [-0.2, 0) is 0 Å². The second-order valence-corrected chi connectivity index (χ2v) is 6.08. The standard InChI is InChI=1S/C10H15Cl2N/c11-13(12)10-8-2-6-1-7(4-8)5-9(10)3-6/h6-10H,1-5H2. The Morgan fingerprint density at radius 3 is 1.62 bits per heavy atom. The lowest BCUT2D eigenvalue weighted by atomic mass is 9.54. The van der Waals surface area contributed by atoms with Crippen LogP contribution in [0.5, 0.6) is 0 Å². The first-order valence-electron chi connectivity index (χ1n) is 5.35. The van der Waals surface area contributed by atoms with Crippen molar-refractivity contribution in [3.63, 3.8) is 0 Å². The minimum Gasteiger partial charge on any atom is -0.128 e. The van der Waals surface area contributed by atoms with E-state index in [1.165, 1.54) is 36.0 Å². The molecule has 0 aromatic rings. The topological polar surface area (TPSA) is 3.24 Å². The second-order valence-electron chi connectivity index (χ2n) is 5.18. The highest BCUT2D eigenvalue weighted by Gasteiger charge is 2.49. The molecule has 0 amide bonds. The molecule has 4 rings (SSSR count). The van der Waals surface area contributed by atoms with Crippen LogP contribution in [0.2, 0.25) is 0 Å². The first kappa shape index (κ1) is 8.82. The second kappa shape index (κ2) is 3.01. The van der Waals surface area contributed by atoms with Crippen LogP contribution in [0.1, 0.15) is 32.1 Å². The fourth-order valence-corrected chi connectivity index (χ4v) is 4.85. The Bertz CT molecular complexity index is 189. The van der Waals surface area contributed by atoms with E-state index in [-0.39, 0.29) is 0 Å². The molecule has 0 spiro atoms. The van der Waals surface area contributed by atoms with Crippen molar-refractivity contribution < 1.29 is 0 Å². The van der Waals surface area contributed by atoms with E-state index in [0.29, 0.717) is 6.04 Å². The molecule has 3 heteroatoms. The van der Waals surface area contributed by atoms with Crippen molar-refractivity contribution in [3.05, 3.63) is 0 Å². The number of hydrogen-bond acceptors (Lipinski definition) is 1. The summed E-state index contributed by atoms with van der Waals surface area (Å²) >= 11 is 11.8. The predicted molar refractivity (Wildman–Crippen MR) is 54.4 cm³/mol. The van der Waals surface area contributed by atoms with Crippen LogP contribution in [0.4, 0.5) is 0 Å². The van der Waals surface area contributed by atoms with Crippen LogP contribution >= 0.6 is 23.6 Å². The summed E-state index contributed by atoms with van der Waals surface area (Å²) in [6.07, 6.45) is 7.02. The molecular weight excluding hydrogens is 205 g/mol. The Labute approximate surface area is 89.6 Å². The van der Waals surface area contributed by atoms with Gasteiger partial charge in [-0.25, -0.2) is 0 Å². The van der Waals surface area contributed by atoms with E-state index in [2.05, 4.69) is 0 Å². The van der Waals surface area contributed by atoms with Crippen molar-refractivity contribution in [1.82, 2.24) is 3.94 Å². The van der Waals surface area contributed by atoms with E-state index < -0.39 is 0 Å². The van der Waals surface area contributed by atoms with Gasteiger partial charge >= 0.3 is 0 Å². The van der Waals surface area contributed by atoms with Gasteiger partial charge in [0.15, 0.2) is 0 Å². The van der Waals surface area contributed by atoms with E-state index in [4.69, 9.17) is 23.6 Å². The van der Waals surface area contributed by atoms with Gasteiger partial charge in [0.05, 0.1) is 0 Å². The maximum Gasteiger partial charge on any atom is 0.0473 e. The minimum absolute atomic E-state index is 0.469. The van der Waals surface area contributed by atoms with E-state index in [9.17, 15) is 0 Å². The number of hydrogen-bond donors (Lipinski definition) is 0. The van der Waals surface area contributed by atoms with Crippen molar-refractivity contribution in [2.24, 2.45) is 23.7 Å². The normalized spacial score (nSPS) is 53.3. The molecule has 0 unspecified atom stereocenters. The number of rotatable bonds is 1. The molecule has 0 heterocycles. The molecule has 4 aliphatic rings. The van der Waals surface area contributed by atoms with Gasteiger partial charge < -0.3 is 0 Å². The first-order chi connectivity index (χ1) is 6.24. The SMILES string of the molecule is ClN(Cl)C1C2CC3CC(C2)CC1C3. The van der Waals surface area contributed by atoms with Crippen molar-refractivity contribution in [3.8, 4) is 0 Å². The zero-order valence-corrected chi connectivity index (χ0v) is 9.14. The summed E-state index contributed by atoms with van der Waals surface area (Å²) < 4.78 is 1.45. The average molecular weight is 220 g/mol. The molecular formula is C10H15Cl2N. The van der Waals surface area contributed by atoms with E-state index in [1.54, 1.807) is 0 Å². The lowest BCUT2D eigenvalue weighted by Crippen LogP contribution is -2.51. The van der Waals surface area contributed by atoms with Crippen molar-refractivity contribution in [1.29, 1.82) is 0 Å². The molecule has 13 heavy (non-hydrogen) atoms. The van der Waals surface area contributed by atoms with Gasteiger partial charge in [0.1, 0.15) is 0 Å². The summed E-state index contributed by atoms with van der Waals surface area (Å²) in [5, 5.41) is 0. The number of halogens is 2. The molecule has 0 aromatic carbocycles. The monoisotopic (exact) mass is 219 g/mol. The molecule has 1 nitrogen and oxygen atoms in total.